The highest BCUT2D eigenvalue weighted by Gasteiger charge is 2.16. The van der Waals surface area contributed by atoms with Crippen LogP contribution in [0.3, 0.4) is 0 Å². The molecule has 0 aliphatic heterocycles. The third kappa shape index (κ3) is 5.04. The van der Waals surface area contributed by atoms with Gasteiger partial charge in [0, 0.05) is 6.07 Å². The van der Waals surface area contributed by atoms with Crippen molar-refractivity contribution < 1.29 is 9.53 Å². The first-order chi connectivity index (χ1) is 15.6. The molecule has 1 heterocycles. The summed E-state index contributed by atoms with van der Waals surface area (Å²) in [5.41, 5.74) is 3.85. The summed E-state index contributed by atoms with van der Waals surface area (Å²) in [6, 6.07) is 29.4. The molecule has 0 fully saturated rings. The molecule has 0 saturated heterocycles. The van der Waals surface area contributed by atoms with Crippen LogP contribution in [0.1, 0.15) is 22.9 Å². The van der Waals surface area contributed by atoms with Crippen LogP contribution in [0.4, 0.5) is 5.82 Å². The number of benzene rings is 3. The molecule has 0 saturated carbocycles. The first-order valence-electron chi connectivity index (χ1n) is 10.5. The van der Waals surface area contributed by atoms with Crippen LogP contribution in [0.5, 0.6) is 5.75 Å². The molecule has 1 atom stereocenters. The molecule has 6 nitrogen and oxygen atoms in total. The topological polar surface area (TPSA) is 68.2 Å². The number of ether oxygens (including phenoxy) is 1. The molecule has 0 radical (unpaired) electrons. The van der Waals surface area contributed by atoms with Crippen molar-refractivity contribution in [3.05, 3.63) is 108 Å². The highest BCUT2D eigenvalue weighted by atomic mass is 16.5. The summed E-state index contributed by atoms with van der Waals surface area (Å²) >= 11 is 0. The number of anilines is 1. The number of carbonyl (C=O) groups excluding carboxylic acids is 1. The summed E-state index contributed by atoms with van der Waals surface area (Å²) in [7, 11) is 1.65. The fraction of sp³-hybridized carbons (Fsp3) is 0.154. The van der Waals surface area contributed by atoms with E-state index in [4.69, 9.17) is 4.74 Å². The molecule has 0 aliphatic rings. The van der Waals surface area contributed by atoms with E-state index in [1.165, 1.54) is 0 Å². The zero-order valence-electron chi connectivity index (χ0n) is 18.2. The molecule has 0 aliphatic carbocycles. The molecule has 0 spiro atoms. The van der Waals surface area contributed by atoms with Crippen LogP contribution in [0, 0.1) is 6.92 Å². The van der Waals surface area contributed by atoms with Crippen molar-refractivity contribution in [1.82, 2.24) is 15.1 Å². The van der Waals surface area contributed by atoms with E-state index in [9.17, 15) is 4.79 Å². The van der Waals surface area contributed by atoms with Crippen molar-refractivity contribution in [2.75, 3.05) is 19.0 Å². The number of nitrogens with zero attached hydrogens (tertiary/aromatic N) is 2. The van der Waals surface area contributed by atoms with Gasteiger partial charge in [0.05, 0.1) is 31.1 Å². The number of aromatic nitrogens is 2. The number of nitrogens with one attached hydrogen (secondary N) is 2. The van der Waals surface area contributed by atoms with Crippen LogP contribution >= 0.6 is 0 Å². The Morgan fingerprint density at radius 1 is 0.938 bits per heavy atom. The smallest absolute Gasteiger partial charge is 0.239 e. The van der Waals surface area contributed by atoms with Gasteiger partial charge in [-0.2, -0.15) is 5.10 Å². The predicted molar refractivity (Wildman–Crippen MR) is 126 cm³/mol. The molecule has 4 aromatic rings. The van der Waals surface area contributed by atoms with Gasteiger partial charge in [0.15, 0.2) is 0 Å². The monoisotopic (exact) mass is 426 g/mol. The van der Waals surface area contributed by atoms with Gasteiger partial charge in [0.25, 0.3) is 0 Å². The fourth-order valence-corrected chi connectivity index (χ4v) is 3.61. The highest BCUT2D eigenvalue weighted by molar-refractivity contribution is 5.91. The Labute approximate surface area is 187 Å². The summed E-state index contributed by atoms with van der Waals surface area (Å²) in [5.74, 6) is 1.29. The molecule has 3 aromatic carbocycles. The number of carbonyl (C=O) groups is 1. The second-order valence-electron chi connectivity index (χ2n) is 7.46. The fourth-order valence-electron chi connectivity index (χ4n) is 3.61. The molecule has 1 amide bonds. The molecule has 1 aromatic heterocycles. The summed E-state index contributed by atoms with van der Waals surface area (Å²) < 4.78 is 7.02. The third-order valence-corrected chi connectivity index (χ3v) is 5.15. The van der Waals surface area contributed by atoms with Crippen molar-refractivity contribution in [2.45, 2.75) is 13.0 Å². The average Bonchev–Trinajstić information content (AvgIpc) is 3.20. The summed E-state index contributed by atoms with van der Waals surface area (Å²) in [6.45, 7) is 2.05. The minimum absolute atomic E-state index is 0.131. The number of para-hydroxylation sites is 1. The Hall–Kier alpha value is -3.90. The van der Waals surface area contributed by atoms with Crippen molar-refractivity contribution in [3.8, 4) is 11.4 Å². The summed E-state index contributed by atoms with van der Waals surface area (Å²) in [4.78, 5) is 12.8. The van der Waals surface area contributed by atoms with Gasteiger partial charge in [0.2, 0.25) is 5.91 Å². The largest absolute Gasteiger partial charge is 0.497 e. The third-order valence-electron chi connectivity index (χ3n) is 5.15. The van der Waals surface area contributed by atoms with Gasteiger partial charge >= 0.3 is 0 Å². The molecule has 2 N–H and O–H groups in total. The number of hydrogen-bond acceptors (Lipinski definition) is 4. The zero-order chi connectivity index (χ0) is 22.3. The Bertz CT molecular complexity index is 1160. The van der Waals surface area contributed by atoms with Gasteiger partial charge in [-0.1, -0.05) is 60.7 Å². The van der Waals surface area contributed by atoms with Gasteiger partial charge in [-0.25, -0.2) is 4.68 Å². The lowest BCUT2D eigenvalue weighted by Gasteiger charge is -2.20. The lowest BCUT2D eigenvalue weighted by molar-refractivity contribution is -0.115. The normalized spacial score (nSPS) is 11.7. The number of methoxy groups -OCH3 is 1. The highest BCUT2D eigenvalue weighted by Crippen LogP contribution is 2.24. The molecule has 0 unspecified atom stereocenters. The van der Waals surface area contributed by atoms with Crippen LogP contribution in [0.15, 0.2) is 91.0 Å². The second kappa shape index (κ2) is 9.94. The molecule has 32 heavy (non-hydrogen) atoms. The number of rotatable bonds is 8. The standard InChI is InChI=1S/C26H26N4O2/c1-19-17-24(30(29-19)22-11-7-4-8-12-22)28-25(31)18-27-26(20-9-5-3-6-10-20)21-13-15-23(32-2)16-14-21/h3-17,26-27H,18H2,1-2H3,(H,28,31)/t26-/m1/s1. The molecular formula is C26H26N4O2. The number of hydrogen-bond donors (Lipinski definition) is 2. The van der Waals surface area contributed by atoms with Crippen molar-refractivity contribution >= 4 is 11.7 Å². The van der Waals surface area contributed by atoms with Crippen molar-refractivity contribution in [2.24, 2.45) is 0 Å². The maximum Gasteiger partial charge on any atom is 0.239 e. The van der Waals surface area contributed by atoms with Crippen LogP contribution < -0.4 is 15.4 Å². The van der Waals surface area contributed by atoms with Crippen LogP contribution in [0.2, 0.25) is 0 Å². The maximum atomic E-state index is 12.8. The van der Waals surface area contributed by atoms with E-state index in [1.807, 2.05) is 97.9 Å². The van der Waals surface area contributed by atoms with Gasteiger partial charge < -0.3 is 10.1 Å². The Morgan fingerprint density at radius 3 is 2.22 bits per heavy atom. The molecule has 6 heteroatoms. The molecule has 0 bridgehead atoms. The summed E-state index contributed by atoms with van der Waals surface area (Å²) in [6.07, 6.45) is 0. The van der Waals surface area contributed by atoms with Crippen molar-refractivity contribution in [3.63, 3.8) is 0 Å². The van der Waals surface area contributed by atoms with Gasteiger partial charge in [-0.3, -0.25) is 10.1 Å². The lowest BCUT2D eigenvalue weighted by atomic mass is 9.98. The van der Waals surface area contributed by atoms with E-state index in [-0.39, 0.29) is 18.5 Å². The summed E-state index contributed by atoms with van der Waals surface area (Å²) in [5, 5.41) is 10.9. The zero-order valence-corrected chi connectivity index (χ0v) is 18.2. The van der Waals surface area contributed by atoms with E-state index in [0.29, 0.717) is 5.82 Å². The van der Waals surface area contributed by atoms with E-state index < -0.39 is 0 Å². The van der Waals surface area contributed by atoms with Crippen LogP contribution in [-0.2, 0) is 4.79 Å². The molecule has 162 valence electrons. The minimum Gasteiger partial charge on any atom is -0.497 e. The van der Waals surface area contributed by atoms with Crippen LogP contribution in [0.25, 0.3) is 5.69 Å². The SMILES string of the molecule is COc1ccc([C@H](NCC(=O)Nc2cc(C)nn2-c2ccccc2)c2ccccc2)cc1. The Kier molecular flexibility index (Phi) is 6.63. The molecule has 4 rings (SSSR count). The number of amides is 1. The Morgan fingerprint density at radius 2 is 1.56 bits per heavy atom. The van der Waals surface area contributed by atoms with Gasteiger partial charge in [-0.05, 0) is 42.3 Å². The van der Waals surface area contributed by atoms with E-state index >= 15 is 0 Å². The van der Waals surface area contributed by atoms with Gasteiger partial charge in [0.1, 0.15) is 11.6 Å². The quantitative estimate of drug-likeness (QED) is 0.435. The van der Waals surface area contributed by atoms with E-state index in [0.717, 1.165) is 28.3 Å². The Balaban J connectivity index is 1.50. The first kappa shape index (κ1) is 21.3. The van der Waals surface area contributed by atoms with E-state index in [1.54, 1.807) is 11.8 Å². The number of aryl methyl sites for hydroxylation is 1. The predicted octanol–water partition coefficient (Wildman–Crippen LogP) is 4.51. The van der Waals surface area contributed by atoms with Gasteiger partial charge in [-0.15, -0.1) is 0 Å². The van der Waals surface area contributed by atoms with Crippen molar-refractivity contribution in [1.29, 1.82) is 0 Å². The lowest BCUT2D eigenvalue weighted by Crippen LogP contribution is -2.32. The average molecular weight is 427 g/mol. The van der Waals surface area contributed by atoms with Crippen LogP contribution in [-0.4, -0.2) is 29.3 Å². The maximum absolute atomic E-state index is 12.8. The second-order valence-corrected chi connectivity index (χ2v) is 7.46. The first-order valence-corrected chi connectivity index (χ1v) is 10.5. The molecular weight excluding hydrogens is 400 g/mol. The minimum atomic E-state index is -0.142. The van der Waals surface area contributed by atoms with E-state index in [2.05, 4.69) is 15.7 Å².